The maximum absolute atomic E-state index is 13.1. The number of likely N-dealkylation sites (tertiary alicyclic amines) is 1. The van der Waals surface area contributed by atoms with Gasteiger partial charge >= 0.3 is 12.1 Å². The van der Waals surface area contributed by atoms with Gasteiger partial charge in [0.25, 0.3) is 0 Å². The molecule has 3 fully saturated rings. The van der Waals surface area contributed by atoms with Crippen LogP contribution in [0.2, 0.25) is 0 Å². The van der Waals surface area contributed by atoms with Crippen LogP contribution in [0.25, 0.3) is 6.08 Å². The number of carbonyl (C=O) groups excluding carboxylic acids is 2. The summed E-state index contributed by atoms with van der Waals surface area (Å²) >= 11 is 0. The molecule has 1 amide bonds. The molecule has 2 N–H and O–H groups in total. The van der Waals surface area contributed by atoms with Gasteiger partial charge in [-0.3, -0.25) is 9.59 Å². The molecule has 4 unspecified atom stereocenters. The fraction of sp³-hybridized carbons (Fsp3) is 0.484. The first kappa shape index (κ1) is 28.2. The van der Waals surface area contributed by atoms with Gasteiger partial charge in [0.15, 0.2) is 0 Å². The number of aromatic hydroxyl groups is 1. The molecule has 9 heteroatoms. The predicted octanol–water partition coefficient (Wildman–Crippen LogP) is 5.30. The first-order chi connectivity index (χ1) is 19.0. The summed E-state index contributed by atoms with van der Waals surface area (Å²) in [5.74, 6) is 0.0506. The number of benzene rings is 2. The second-order valence-corrected chi connectivity index (χ2v) is 11.5. The van der Waals surface area contributed by atoms with Gasteiger partial charge in [-0.15, -0.1) is 0 Å². The molecule has 5 rings (SSSR count). The Labute approximate surface area is 232 Å². The number of halogens is 3. The summed E-state index contributed by atoms with van der Waals surface area (Å²) in [4.78, 5) is 27.6. The molecule has 2 saturated carbocycles. The molecule has 1 saturated heterocycles. The quantitative estimate of drug-likeness (QED) is 0.357. The van der Waals surface area contributed by atoms with Gasteiger partial charge in [-0.05, 0) is 79.6 Å². The number of hydrogen-bond donors (Lipinski definition) is 2. The van der Waals surface area contributed by atoms with E-state index in [1.165, 1.54) is 44.1 Å². The minimum absolute atomic E-state index is 0.0143. The third-order valence-electron chi connectivity index (χ3n) is 8.55. The lowest BCUT2D eigenvalue weighted by molar-refractivity contribution is -0.157. The third kappa shape index (κ3) is 6.52. The zero-order valence-electron chi connectivity index (χ0n) is 22.5. The van der Waals surface area contributed by atoms with E-state index in [0.29, 0.717) is 12.8 Å². The molecule has 214 valence electrons. The van der Waals surface area contributed by atoms with Crippen LogP contribution in [0.4, 0.5) is 13.2 Å². The van der Waals surface area contributed by atoms with Crippen molar-refractivity contribution >= 4 is 18.0 Å². The average molecular weight is 557 g/mol. The number of piperidine rings is 1. The van der Waals surface area contributed by atoms with E-state index in [0.717, 1.165) is 49.7 Å². The molecule has 2 aliphatic carbocycles. The number of hydrogen-bond acceptors (Lipinski definition) is 5. The topological polar surface area (TPSA) is 78.9 Å². The Hall–Kier alpha value is -3.33. The summed E-state index contributed by atoms with van der Waals surface area (Å²) in [5, 5.41) is 13.4. The predicted molar refractivity (Wildman–Crippen MR) is 144 cm³/mol. The van der Waals surface area contributed by atoms with Crippen LogP contribution in [0.3, 0.4) is 0 Å². The van der Waals surface area contributed by atoms with Crippen LogP contribution in [-0.4, -0.2) is 53.7 Å². The van der Waals surface area contributed by atoms with E-state index in [9.17, 15) is 27.9 Å². The van der Waals surface area contributed by atoms with Crippen molar-refractivity contribution in [3.63, 3.8) is 0 Å². The lowest BCUT2D eigenvalue weighted by Crippen LogP contribution is -2.61. The Balaban J connectivity index is 1.39. The summed E-state index contributed by atoms with van der Waals surface area (Å²) < 4.78 is 45.1. The van der Waals surface area contributed by atoms with Crippen molar-refractivity contribution in [1.82, 2.24) is 10.2 Å². The van der Waals surface area contributed by atoms with Crippen molar-refractivity contribution in [3.05, 3.63) is 71.3 Å². The number of nitrogens with zero attached hydrogens (tertiary/aromatic N) is 1. The summed E-state index contributed by atoms with van der Waals surface area (Å²) in [5.41, 5.74) is 0.0171. The van der Waals surface area contributed by atoms with Crippen LogP contribution in [0.15, 0.2) is 54.6 Å². The highest BCUT2D eigenvalue weighted by atomic mass is 19.4. The molecule has 6 nitrogen and oxygen atoms in total. The highest BCUT2D eigenvalue weighted by molar-refractivity contribution is 5.92. The molecule has 1 heterocycles. The number of amides is 1. The van der Waals surface area contributed by atoms with E-state index in [4.69, 9.17) is 4.74 Å². The van der Waals surface area contributed by atoms with Crippen molar-refractivity contribution in [2.75, 3.05) is 19.6 Å². The highest BCUT2D eigenvalue weighted by Crippen LogP contribution is 2.51. The first-order valence-corrected chi connectivity index (χ1v) is 13.9. The zero-order chi connectivity index (χ0) is 28.5. The lowest BCUT2D eigenvalue weighted by atomic mass is 9.57. The van der Waals surface area contributed by atoms with Crippen molar-refractivity contribution in [2.45, 2.75) is 62.8 Å². The Bertz CT molecular complexity index is 1280. The minimum atomic E-state index is -4.47. The van der Waals surface area contributed by atoms with Gasteiger partial charge in [0.2, 0.25) is 5.91 Å². The number of phenolic OH excluding ortho intramolecular Hbond substituents is 1. The molecule has 4 atom stereocenters. The largest absolute Gasteiger partial charge is 0.508 e. The maximum Gasteiger partial charge on any atom is 0.416 e. The van der Waals surface area contributed by atoms with Crippen LogP contribution in [0, 0.1) is 11.8 Å². The molecule has 2 aromatic rings. The number of ether oxygens (including phenoxy) is 1. The number of esters is 1. The fourth-order valence-corrected chi connectivity index (χ4v) is 6.60. The van der Waals surface area contributed by atoms with Crippen LogP contribution in [0.1, 0.15) is 55.7 Å². The molecule has 40 heavy (non-hydrogen) atoms. The molecule has 1 aliphatic heterocycles. The number of rotatable bonds is 7. The van der Waals surface area contributed by atoms with E-state index < -0.39 is 29.2 Å². The standard InChI is InChI=1S/C31H35F3N2O4/c1-20(37)40-28-16-25(35-29(39)11-10-21-4-2-6-24(14-21)31(32,33)34)17-30(23-5-3-7-26(38)15-23)12-13-36(19-27(28)30)18-22-8-9-22/h2-7,10-11,14-15,22,25,27-28,38H,8-9,12-13,16-19H2,1H3,(H,35,39). The zero-order valence-corrected chi connectivity index (χ0v) is 22.5. The van der Waals surface area contributed by atoms with E-state index in [1.54, 1.807) is 12.1 Å². The van der Waals surface area contributed by atoms with E-state index in [1.807, 2.05) is 12.1 Å². The van der Waals surface area contributed by atoms with Crippen LogP contribution in [0.5, 0.6) is 5.75 Å². The molecule has 0 bridgehead atoms. The number of carbonyl (C=O) groups is 2. The monoisotopic (exact) mass is 556 g/mol. The molecule has 0 radical (unpaired) electrons. The highest BCUT2D eigenvalue weighted by Gasteiger charge is 2.54. The van der Waals surface area contributed by atoms with Crippen LogP contribution in [-0.2, 0) is 25.9 Å². The summed E-state index contributed by atoms with van der Waals surface area (Å²) in [6, 6.07) is 11.7. The Morgan fingerprint density at radius 2 is 1.95 bits per heavy atom. The number of fused-ring (bicyclic) bond motifs is 1. The SMILES string of the molecule is CC(=O)OC1CC(NC(=O)C=Cc2cccc(C(F)(F)F)c2)CC2(c3cccc(O)c3)CCN(CC3CC3)CC12. The van der Waals surface area contributed by atoms with E-state index in [2.05, 4.69) is 10.2 Å². The maximum atomic E-state index is 13.1. The van der Waals surface area contributed by atoms with Crippen molar-refractivity contribution in [2.24, 2.45) is 11.8 Å². The molecule has 0 spiro atoms. The number of nitrogens with one attached hydrogen (secondary N) is 1. The van der Waals surface area contributed by atoms with Crippen molar-refractivity contribution in [3.8, 4) is 5.75 Å². The summed E-state index contributed by atoms with van der Waals surface area (Å²) in [6.45, 7) is 4.05. The third-order valence-corrected chi connectivity index (χ3v) is 8.55. The van der Waals surface area contributed by atoms with Gasteiger partial charge in [-0.25, -0.2) is 0 Å². The van der Waals surface area contributed by atoms with E-state index >= 15 is 0 Å². The normalized spacial score (nSPS) is 27.2. The first-order valence-electron chi connectivity index (χ1n) is 13.9. The van der Waals surface area contributed by atoms with Crippen molar-refractivity contribution in [1.29, 1.82) is 0 Å². The molecule has 2 aromatic carbocycles. The van der Waals surface area contributed by atoms with Gasteiger partial charge in [-0.2, -0.15) is 13.2 Å². The molecule has 3 aliphatic rings. The average Bonchev–Trinajstić information content (AvgIpc) is 3.71. The van der Waals surface area contributed by atoms with E-state index in [-0.39, 0.29) is 29.2 Å². The van der Waals surface area contributed by atoms with Crippen molar-refractivity contribution < 1.29 is 32.6 Å². The molecular formula is C31H35F3N2O4. The Morgan fingerprint density at radius 3 is 2.65 bits per heavy atom. The van der Waals surface area contributed by atoms with Gasteiger partial charge in [0.05, 0.1) is 5.56 Å². The summed E-state index contributed by atoms with van der Waals surface area (Å²) in [7, 11) is 0. The number of phenols is 1. The smallest absolute Gasteiger partial charge is 0.416 e. The Morgan fingerprint density at radius 1 is 1.18 bits per heavy atom. The summed E-state index contributed by atoms with van der Waals surface area (Å²) in [6.07, 6.45) is 2.01. The fourth-order valence-electron chi connectivity index (χ4n) is 6.60. The van der Waals surface area contributed by atoms with Gasteiger partial charge in [0.1, 0.15) is 11.9 Å². The Kier molecular flexibility index (Phi) is 7.95. The van der Waals surface area contributed by atoms with Gasteiger partial charge in [-0.1, -0.05) is 24.3 Å². The lowest BCUT2D eigenvalue weighted by Gasteiger charge is -2.55. The van der Waals surface area contributed by atoms with Gasteiger partial charge in [0, 0.05) is 49.9 Å². The molecular weight excluding hydrogens is 521 g/mol. The minimum Gasteiger partial charge on any atom is -0.508 e. The second-order valence-electron chi connectivity index (χ2n) is 11.5. The van der Waals surface area contributed by atoms with Crippen LogP contribution >= 0.6 is 0 Å². The number of alkyl halides is 3. The van der Waals surface area contributed by atoms with Gasteiger partial charge < -0.3 is 20.1 Å². The molecule has 0 aromatic heterocycles. The van der Waals surface area contributed by atoms with Crippen LogP contribution < -0.4 is 5.32 Å². The second kappa shape index (κ2) is 11.3.